The van der Waals surface area contributed by atoms with Gasteiger partial charge in [0.2, 0.25) is 5.96 Å². The highest BCUT2D eigenvalue weighted by atomic mass is 31.2. The first-order chi connectivity index (χ1) is 19.6. The molecule has 1 unspecified atom stereocenters. The molecule has 0 bridgehead atoms. The van der Waals surface area contributed by atoms with Crippen LogP contribution in [0.2, 0.25) is 0 Å². The number of aliphatic carboxylic acids is 1. The molecule has 15 heteroatoms. The number of hydrogen-bond acceptors (Lipinski definition) is 11. The van der Waals surface area contributed by atoms with Gasteiger partial charge in [-0.3, -0.25) is 19.5 Å². The van der Waals surface area contributed by atoms with Crippen LogP contribution in [0.15, 0.2) is 0 Å². The quantitative estimate of drug-likeness (QED) is 0.0398. The summed E-state index contributed by atoms with van der Waals surface area (Å²) in [5, 5.41) is 20.3. The third-order valence-corrected chi connectivity index (χ3v) is 7.19. The molecule has 1 atom stereocenters. The van der Waals surface area contributed by atoms with Gasteiger partial charge in [0.15, 0.2) is 0 Å². The van der Waals surface area contributed by atoms with Gasteiger partial charge in [-0.05, 0) is 44.9 Å². The molecule has 0 aromatic heterocycles. The molecular formula is C26H50N3O11P. The second-order valence-corrected chi connectivity index (χ2v) is 11.0. The maximum absolute atomic E-state index is 13.4. The van der Waals surface area contributed by atoms with Gasteiger partial charge >= 0.3 is 26.0 Å². The summed E-state index contributed by atoms with van der Waals surface area (Å²) in [4.78, 5) is 35.9. The van der Waals surface area contributed by atoms with Crippen molar-refractivity contribution in [3.63, 3.8) is 0 Å². The van der Waals surface area contributed by atoms with Crippen molar-refractivity contribution in [3.05, 3.63) is 0 Å². The third kappa shape index (κ3) is 20.0. The molecule has 0 amide bonds. The van der Waals surface area contributed by atoms with E-state index in [4.69, 9.17) is 33.4 Å². The van der Waals surface area contributed by atoms with E-state index in [2.05, 4.69) is 5.09 Å². The molecule has 0 aliphatic rings. The Labute approximate surface area is 243 Å². The summed E-state index contributed by atoms with van der Waals surface area (Å²) in [6.07, 6.45) is 5.06. The SMILES string of the molecule is CCCCOC(=O)OCCCCOP(=O)(NC(=N)N(C)C(CCCC)C(=O)O)OCCCCOC(=O)OCCCC. The van der Waals surface area contributed by atoms with Crippen LogP contribution in [0.1, 0.15) is 91.4 Å². The largest absolute Gasteiger partial charge is 0.508 e. The topological polar surface area (TPSA) is 183 Å². The molecule has 3 N–H and O–H groups in total. The van der Waals surface area contributed by atoms with E-state index in [-0.39, 0.29) is 26.4 Å². The number of nitrogens with zero attached hydrogens (tertiary/aromatic N) is 1. The minimum absolute atomic E-state index is 0.0412. The number of rotatable bonds is 24. The average molecular weight is 612 g/mol. The van der Waals surface area contributed by atoms with Crippen LogP contribution in [-0.4, -0.2) is 87.0 Å². The fourth-order valence-electron chi connectivity index (χ4n) is 3.12. The maximum Gasteiger partial charge on any atom is 0.508 e. The minimum atomic E-state index is -4.07. The van der Waals surface area contributed by atoms with Crippen LogP contribution in [-0.2, 0) is 37.4 Å². The number of unbranched alkanes of at least 4 members (excludes halogenated alkanes) is 5. The Morgan fingerprint density at radius 3 is 1.51 bits per heavy atom. The van der Waals surface area contributed by atoms with E-state index >= 15 is 0 Å². The molecule has 0 heterocycles. The molecule has 41 heavy (non-hydrogen) atoms. The van der Waals surface area contributed by atoms with Crippen molar-refractivity contribution in [1.29, 1.82) is 5.41 Å². The first-order valence-electron chi connectivity index (χ1n) is 14.4. The van der Waals surface area contributed by atoms with Crippen LogP contribution >= 0.6 is 7.75 Å². The van der Waals surface area contributed by atoms with Crippen LogP contribution in [0.4, 0.5) is 9.59 Å². The van der Waals surface area contributed by atoms with Crippen LogP contribution < -0.4 is 5.09 Å². The number of carbonyl (C=O) groups is 3. The average Bonchev–Trinajstić information content (AvgIpc) is 2.92. The summed E-state index contributed by atoms with van der Waals surface area (Å²) in [6, 6.07) is -0.994. The normalized spacial score (nSPS) is 11.8. The van der Waals surface area contributed by atoms with Crippen molar-refractivity contribution in [3.8, 4) is 0 Å². The van der Waals surface area contributed by atoms with Gasteiger partial charge in [0.05, 0.1) is 39.6 Å². The van der Waals surface area contributed by atoms with E-state index in [0.717, 1.165) is 32.1 Å². The van der Waals surface area contributed by atoms with E-state index in [0.29, 0.717) is 51.7 Å². The zero-order chi connectivity index (χ0) is 30.9. The van der Waals surface area contributed by atoms with Gasteiger partial charge in [0, 0.05) is 7.05 Å². The Morgan fingerprint density at radius 2 is 1.12 bits per heavy atom. The molecule has 0 rings (SSSR count). The number of nitrogens with one attached hydrogen (secondary N) is 2. The number of ether oxygens (including phenoxy) is 4. The van der Waals surface area contributed by atoms with Crippen LogP contribution in [0.25, 0.3) is 0 Å². The van der Waals surface area contributed by atoms with Crippen molar-refractivity contribution in [2.45, 2.75) is 97.4 Å². The number of guanidine groups is 1. The molecule has 0 aromatic carbocycles. The lowest BCUT2D eigenvalue weighted by Crippen LogP contribution is -2.47. The summed E-state index contributed by atoms with van der Waals surface area (Å²) in [6.45, 7) is 6.56. The second-order valence-electron chi connectivity index (χ2n) is 9.25. The van der Waals surface area contributed by atoms with Crippen LogP contribution in [0.3, 0.4) is 0 Å². The Hall–Kier alpha value is -2.57. The number of hydrogen-bond donors (Lipinski definition) is 3. The zero-order valence-electron chi connectivity index (χ0n) is 25.0. The van der Waals surface area contributed by atoms with E-state index in [1.54, 1.807) is 0 Å². The van der Waals surface area contributed by atoms with E-state index < -0.39 is 38.0 Å². The van der Waals surface area contributed by atoms with E-state index in [1.165, 1.54) is 11.9 Å². The summed E-state index contributed by atoms with van der Waals surface area (Å²) < 4.78 is 44.2. The standard InChI is InChI=1S/C26H50N3O11P/c1-5-8-15-22(23(30)31)29(4)24(27)28-41(34,39-20-13-11-18-37-25(32)35-16-9-6-2)40-21-14-12-19-38-26(33)36-17-10-7-3/h22H,5-21H2,1-4H3,(H,30,31)(H2,27,28,34). The fraction of sp³-hybridized carbons (Fsp3) is 0.846. The Balaban J connectivity index is 4.85. The molecule has 0 aliphatic heterocycles. The van der Waals surface area contributed by atoms with Gasteiger partial charge in [0.25, 0.3) is 0 Å². The summed E-state index contributed by atoms with van der Waals surface area (Å²) in [5.41, 5.74) is 0. The molecule has 0 aliphatic carbocycles. The molecule has 0 saturated carbocycles. The number of likely N-dealkylation sites (N-methyl/N-ethyl adjacent to an activating group) is 1. The van der Waals surface area contributed by atoms with Crippen molar-refractivity contribution >= 4 is 32.0 Å². The van der Waals surface area contributed by atoms with Crippen molar-refractivity contribution in [1.82, 2.24) is 9.99 Å². The smallest absolute Gasteiger partial charge is 0.480 e. The van der Waals surface area contributed by atoms with Crippen molar-refractivity contribution < 1.29 is 52.1 Å². The first-order valence-corrected chi connectivity index (χ1v) is 15.9. The Kier molecular flexibility index (Phi) is 22.6. The van der Waals surface area contributed by atoms with Gasteiger partial charge in [-0.2, -0.15) is 0 Å². The molecule has 0 aromatic rings. The molecule has 0 saturated heterocycles. The fourth-order valence-corrected chi connectivity index (χ4v) is 4.48. The van der Waals surface area contributed by atoms with Gasteiger partial charge in [-0.1, -0.05) is 46.5 Å². The highest BCUT2D eigenvalue weighted by Crippen LogP contribution is 2.44. The minimum Gasteiger partial charge on any atom is -0.480 e. The third-order valence-electron chi connectivity index (χ3n) is 5.65. The monoisotopic (exact) mass is 611 g/mol. The predicted molar refractivity (Wildman–Crippen MR) is 152 cm³/mol. The predicted octanol–water partition coefficient (Wildman–Crippen LogP) is 5.69. The van der Waals surface area contributed by atoms with Crippen LogP contribution in [0, 0.1) is 5.41 Å². The summed E-state index contributed by atoms with van der Waals surface area (Å²) in [7, 11) is -2.65. The molecule has 0 radical (unpaired) electrons. The van der Waals surface area contributed by atoms with E-state index in [1.807, 2.05) is 20.8 Å². The van der Waals surface area contributed by atoms with Gasteiger partial charge in [-0.15, -0.1) is 0 Å². The van der Waals surface area contributed by atoms with Gasteiger partial charge in [0.1, 0.15) is 6.04 Å². The lowest BCUT2D eigenvalue weighted by molar-refractivity contribution is -0.141. The highest BCUT2D eigenvalue weighted by molar-refractivity contribution is 7.52. The number of carbonyl (C=O) groups excluding carboxylic acids is 2. The highest BCUT2D eigenvalue weighted by Gasteiger charge is 2.31. The van der Waals surface area contributed by atoms with Crippen molar-refractivity contribution in [2.24, 2.45) is 0 Å². The Bertz CT molecular complexity index is 763. The maximum atomic E-state index is 13.4. The lowest BCUT2D eigenvalue weighted by Gasteiger charge is -2.29. The molecular weight excluding hydrogens is 561 g/mol. The number of carboxylic acid groups (broad SMARTS) is 1. The molecule has 240 valence electrons. The first kappa shape index (κ1) is 38.4. The molecule has 0 spiro atoms. The zero-order valence-corrected chi connectivity index (χ0v) is 25.9. The van der Waals surface area contributed by atoms with Gasteiger partial charge < -0.3 is 29.0 Å². The summed E-state index contributed by atoms with van der Waals surface area (Å²) >= 11 is 0. The molecule has 14 nitrogen and oxygen atoms in total. The molecule has 0 fully saturated rings. The van der Waals surface area contributed by atoms with Crippen molar-refractivity contribution in [2.75, 3.05) is 46.7 Å². The van der Waals surface area contributed by atoms with E-state index in [9.17, 15) is 24.1 Å². The van der Waals surface area contributed by atoms with Crippen LogP contribution in [0.5, 0.6) is 0 Å². The van der Waals surface area contributed by atoms with Gasteiger partial charge in [-0.25, -0.2) is 18.9 Å². The lowest BCUT2D eigenvalue weighted by atomic mass is 10.1. The second kappa shape index (κ2) is 24.1. The Morgan fingerprint density at radius 1 is 0.732 bits per heavy atom. The summed E-state index contributed by atoms with van der Waals surface area (Å²) in [5.74, 6) is -1.53. The number of carboxylic acids is 1.